The second-order valence-corrected chi connectivity index (χ2v) is 25.2. The molecule has 0 aliphatic carbocycles. The van der Waals surface area contributed by atoms with E-state index in [2.05, 4.69) is 59.0 Å². The summed E-state index contributed by atoms with van der Waals surface area (Å²) in [6.45, 7) is 22.4. The largest absolute Gasteiger partial charge is 0.470 e. The van der Waals surface area contributed by atoms with E-state index in [0.717, 1.165) is 0 Å². The van der Waals surface area contributed by atoms with Crippen molar-refractivity contribution in [3.8, 4) is 0 Å². The highest BCUT2D eigenvalue weighted by molar-refractivity contribution is 6.94. The van der Waals surface area contributed by atoms with Crippen molar-refractivity contribution in [3.63, 3.8) is 0 Å². The van der Waals surface area contributed by atoms with Crippen molar-refractivity contribution in [1.82, 2.24) is 0 Å². The van der Waals surface area contributed by atoms with Crippen molar-refractivity contribution in [2.75, 3.05) is 0 Å². The molecule has 0 aromatic carbocycles. The summed E-state index contributed by atoms with van der Waals surface area (Å²) in [5.74, 6) is 0. The van der Waals surface area contributed by atoms with Crippen LogP contribution in [0, 0.1) is 0 Å². The van der Waals surface area contributed by atoms with Gasteiger partial charge >= 0.3 is 34.5 Å². The second kappa shape index (κ2) is 5.92. The lowest BCUT2D eigenvalue weighted by molar-refractivity contribution is 0.160. The molecule has 0 radical (unpaired) electrons. The first-order valence-corrected chi connectivity index (χ1v) is 20.9. The normalized spacial score (nSPS) is 24.6. The van der Waals surface area contributed by atoms with Gasteiger partial charge in [0.1, 0.15) is 0 Å². The van der Waals surface area contributed by atoms with Crippen LogP contribution < -0.4 is 0 Å². The minimum absolute atomic E-state index is 1.90. The minimum atomic E-state index is -2.73. The van der Waals surface area contributed by atoms with Crippen LogP contribution in [0.1, 0.15) is 0 Å². The van der Waals surface area contributed by atoms with Gasteiger partial charge in [0.25, 0.3) is 0 Å². The SMILES string of the molecule is C=C[Si](C)(C)O[Si](C)(C)O[Si]1(C)O[Si](C)(C)O[Si](C)(C)O1. The lowest BCUT2D eigenvalue weighted by Crippen LogP contribution is -2.69. The third kappa shape index (κ3) is 6.33. The van der Waals surface area contributed by atoms with E-state index in [4.69, 9.17) is 20.6 Å². The smallest absolute Gasteiger partial charge is 0.433 e. The summed E-state index contributed by atoms with van der Waals surface area (Å²) in [5, 5.41) is 0. The Bertz CT molecular complexity index is 394. The fraction of sp³-hybridized carbons (Fsp3) is 0.818. The Hall–Kier alpha value is 0.624. The van der Waals surface area contributed by atoms with Crippen molar-refractivity contribution in [2.24, 2.45) is 0 Å². The Balaban J connectivity index is 2.91. The van der Waals surface area contributed by atoms with Crippen LogP contribution in [0.5, 0.6) is 0 Å². The Morgan fingerprint density at radius 2 is 1.29 bits per heavy atom. The second-order valence-electron chi connectivity index (χ2n) is 7.38. The van der Waals surface area contributed by atoms with E-state index in [0.29, 0.717) is 0 Å². The third-order valence-corrected chi connectivity index (χ3v) is 22.1. The fourth-order valence-electron chi connectivity index (χ4n) is 2.73. The predicted molar refractivity (Wildman–Crippen MR) is 97.2 cm³/mol. The molecule has 1 saturated heterocycles. The molecule has 0 N–H and O–H groups in total. The number of rotatable bonds is 5. The van der Waals surface area contributed by atoms with E-state index in [9.17, 15) is 0 Å². The monoisotopic (exact) mass is 382 g/mol. The third-order valence-electron chi connectivity index (χ3n) is 2.79. The summed E-state index contributed by atoms with van der Waals surface area (Å²) in [4.78, 5) is 0. The van der Waals surface area contributed by atoms with Crippen LogP contribution in [0.4, 0.5) is 0 Å². The fourth-order valence-corrected chi connectivity index (χ4v) is 26.8. The summed E-state index contributed by atoms with van der Waals surface area (Å²) < 4.78 is 31.0. The van der Waals surface area contributed by atoms with Crippen LogP contribution in [0.3, 0.4) is 0 Å². The molecule has 0 unspecified atom stereocenters. The van der Waals surface area contributed by atoms with Gasteiger partial charge < -0.3 is 20.6 Å². The van der Waals surface area contributed by atoms with E-state index in [1.807, 2.05) is 12.2 Å². The number of hydrogen-bond acceptors (Lipinski definition) is 5. The Morgan fingerprint density at radius 1 is 0.857 bits per heavy atom. The molecule has 0 saturated carbocycles. The predicted octanol–water partition coefficient (Wildman–Crippen LogP) is 3.69. The minimum Gasteiger partial charge on any atom is -0.433 e. The van der Waals surface area contributed by atoms with Gasteiger partial charge in [0.2, 0.25) is 0 Å². The molecule has 0 atom stereocenters. The zero-order chi connectivity index (χ0) is 16.7. The van der Waals surface area contributed by atoms with Gasteiger partial charge in [-0.05, 0) is 52.4 Å². The Kier molecular flexibility index (Phi) is 5.55. The van der Waals surface area contributed by atoms with Crippen molar-refractivity contribution in [1.29, 1.82) is 0 Å². The lowest BCUT2D eigenvalue weighted by atomic mass is 11.3. The van der Waals surface area contributed by atoms with Gasteiger partial charge in [0.15, 0.2) is 8.32 Å². The standard InChI is InChI=1S/C11H30O5Si5/c1-11-17(2,3)12-18(4,5)14-21(10)15-19(6,7)13-20(8,9)16-21/h11H,1H2,2-10H3. The van der Waals surface area contributed by atoms with Crippen molar-refractivity contribution in [3.05, 3.63) is 12.3 Å². The molecule has 1 rings (SSSR count). The van der Waals surface area contributed by atoms with E-state index in [1.54, 1.807) is 0 Å². The molecular weight excluding hydrogens is 353 g/mol. The molecule has 21 heavy (non-hydrogen) atoms. The van der Waals surface area contributed by atoms with E-state index < -0.39 is 42.8 Å². The summed E-state index contributed by atoms with van der Waals surface area (Å²) in [5.41, 5.74) is 1.93. The van der Waals surface area contributed by atoms with E-state index >= 15 is 0 Å². The van der Waals surface area contributed by atoms with Crippen molar-refractivity contribution in [2.45, 2.75) is 58.9 Å². The molecule has 1 fully saturated rings. The van der Waals surface area contributed by atoms with Crippen molar-refractivity contribution < 1.29 is 20.6 Å². The van der Waals surface area contributed by atoms with Crippen LogP contribution in [0.15, 0.2) is 12.3 Å². The maximum atomic E-state index is 6.36. The zero-order valence-corrected chi connectivity index (χ0v) is 19.8. The van der Waals surface area contributed by atoms with Gasteiger partial charge in [0.05, 0.1) is 0 Å². The van der Waals surface area contributed by atoms with Crippen LogP contribution in [-0.4, -0.2) is 42.8 Å². The molecule has 0 amide bonds. The first kappa shape index (κ1) is 19.7. The van der Waals surface area contributed by atoms with Gasteiger partial charge in [-0.25, -0.2) is 0 Å². The molecule has 0 bridgehead atoms. The zero-order valence-electron chi connectivity index (χ0n) is 14.8. The Morgan fingerprint density at radius 3 is 1.67 bits per heavy atom. The van der Waals surface area contributed by atoms with Crippen LogP contribution in [0.25, 0.3) is 0 Å². The highest BCUT2D eigenvalue weighted by Crippen LogP contribution is 2.33. The summed E-state index contributed by atoms with van der Waals surface area (Å²) in [6.07, 6.45) is 0. The van der Waals surface area contributed by atoms with E-state index in [1.165, 1.54) is 0 Å². The molecule has 0 aromatic heterocycles. The molecule has 124 valence electrons. The molecular formula is C11H30O5Si5. The molecule has 1 aliphatic heterocycles. The van der Waals surface area contributed by atoms with Crippen molar-refractivity contribution >= 4 is 42.8 Å². The first-order chi connectivity index (χ1) is 9.10. The molecule has 10 heteroatoms. The average Bonchev–Trinajstić information content (AvgIpc) is 2.06. The summed E-state index contributed by atoms with van der Waals surface area (Å²) in [6, 6.07) is 0. The molecule has 0 spiro atoms. The summed E-state index contributed by atoms with van der Waals surface area (Å²) >= 11 is 0. The van der Waals surface area contributed by atoms with Crippen LogP contribution in [-0.2, 0) is 20.6 Å². The maximum absolute atomic E-state index is 6.36. The summed E-state index contributed by atoms with van der Waals surface area (Å²) in [7, 11) is -11.4. The maximum Gasteiger partial charge on any atom is 0.470 e. The average molecular weight is 383 g/mol. The van der Waals surface area contributed by atoms with Crippen LogP contribution >= 0.6 is 0 Å². The molecule has 5 nitrogen and oxygen atoms in total. The van der Waals surface area contributed by atoms with Gasteiger partial charge in [-0.3, -0.25) is 0 Å². The lowest BCUT2D eigenvalue weighted by Gasteiger charge is -2.49. The van der Waals surface area contributed by atoms with Gasteiger partial charge in [-0.2, -0.15) is 0 Å². The highest BCUT2D eigenvalue weighted by Gasteiger charge is 2.57. The topological polar surface area (TPSA) is 46.2 Å². The molecule has 1 aliphatic rings. The Labute approximate surface area is 134 Å². The van der Waals surface area contributed by atoms with Gasteiger partial charge in [-0.1, -0.05) is 5.70 Å². The van der Waals surface area contributed by atoms with E-state index in [-0.39, 0.29) is 0 Å². The first-order valence-electron chi connectivity index (χ1n) is 7.24. The molecule has 0 aromatic rings. The highest BCUT2D eigenvalue weighted by atomic mass is 28.6. The van der Waals surface area contributed by atoms with Crippen LogP contribution in [0.2, 0.25) is 58.9 Å². The molecule has 1 heterocycles. The van der Waals surface area contributed by atoms with Gasteiger partial charge in [0, 0.05) is 6.55 Å². The quantitative estimate of drug-likeness (QED) is 0.679. The van der Waals surface area contributed by atoms with Gasteiger partial charge in [-0.15, -0.1) is 6.58 Å². The number of hydrogen-bond donors (Lipinski definition) is 0.